The van der Waals surface area contributed by atoms with Crippen LogP contribution in [-0.4, -0.2) is 59.9 Å². The molecule has 1 aromatic rings. The quantitative estimate of drug-likeness (QED) is 0.449. The number of ether oxygens (including phenoxy) is 2. The van der Waals surface area contributed by atoms with Crippen LogP contribution in [0.1, 0.15) is 55.5 Å². The maximum absolute atomic E-state index is 12.2. The standard InChI is InChI=1S/C21H28BNO7S/c1-21(2,3)29-20(26)23-9-16(11-6-7-28-10-11)31-15-5-4-12-13-8-14(13)22(27)30-18(12)17(15)19(24)25/h4-5,11,13-14,16,27H,6-10H2,1-3H3,(H,23,26)(H,24,25)/t11?,13-,14-,16-/m1/s1. The fourth-order valence-corrected chi connectivity index (χ4v) is 5.55. The SMILES string of the molecule is CC(C)(C)OC(=O)NC[C@@H](Sc1ccc2c(c1C(=O)O)OB(O)[C@@H]1C[C@H]21)C1CCOC1. The molecule has 1 amide bonds. The Morgan fingerprint density at radius 1 is 1.39 bits per heavy atom. The van der Waals surface area contributed by atoms with Gasteiger partial charge in [0.05, 0.1) is 6.61 Å². The van der Waals surface area contributed by atoms with Crippen LogP contribution in [0.25, 0.3) is 0 Å². The number of aromatic carboxylic acids is 1. The van der Waals surface area contributed by atoms with Gasteiger partial charge in [-0.3, -0.25) is 0 Å². The minimum Gasteiger partial charge on any atom is -0.535 e. The van der Waals surface area contributed by atoms with Crippen molar-refractivity contribution < 1.29 is 33.8 Å². The second-order valence-electron chi connectivity index (χ2n) is 9.34. The topological polar surface area (TPSA) is 114 Å². The first-order chi connectivity index (χ1) is 14.6. The number of fused-ring (bicyclic) bond motifs is 3. The zero-order valence-electron chi connectivity index (χ0n) is 17.9. The van der Waals surface area contributed by atoms with E-state index in [-0.39, 0.29) is 34.2 Å². The second-order valence-corrected chi connectivity index (χ2v) is 10.6. The van der Waals surface area contributed by atoms with Gasteiger partial charge in [-0.25, -0.2) is 9.59 Å². The molecule has 2 heterocycles. The summed E-state index contributed by atoms with van der Waals surface area (Å²) in [7, 11) is -0.969. The molecule has 4 rings (SSSR count). The Labute approximate surface area is 186 Å². The number of benzene rings is 1. The van der Waals surface area contributed by atoms with Gasteiger partial charge in [-0.2, -0.15) is 0 Å². The summed E-state index contributed by atoms with van der Waals surface area (Å²) in [5.74, 6) is -0.452. The smallest absolute Gasteiger partial charge is 0.526 e. The van der Waals surface area contributed by atoms with E-state index in [1.807, 2.05) is 12.1 Å². The molecule has 0 radical (unpaired) electrons. The largest absolute Gasteiger partial charge is 0.535 e. The van der Waals surface area contributed by atoms with Crippen LogP contribution >= 0.6 is 11.8 Å². The minimum atomic E-state index is -1.09. The first kappa shape index (κ1) is 22.3. The van der Waals surface area contributed by atoms with Crippen LogP contribution in [0.5, 0.6) is 5.75 Å². The fourth-order valence-electron chi connectivity index (χ4n) is 4.21. The van der Waals surface area contributed by atoms with Crippen molar-refractivity contribution >= 4 is 30.9 Å². The number of hydrogen-bond donors (Lipinski definition) is 3. The molecule has 2 aliphatic heterocycles. The van der Waals surface area contributed by atoms with Crippen molar-refractivity contribution in [2.45, 2.75) is 61.1 Å². The summed E-state index contributed by atoms with van der Waals surface area (Å²) in [5.41, 5.74) is 0.328. The van der Waals surface area contributed by atoms with Gasteiger partial charge in [0.15, 0.2) is 0 Å². The Morgan fingerprint density at radius 2 is 2.16 bits per heavy atom. The number of thioether (sulfide) groups is 1. The predicted octanol–water partition coefficient (Wildman–Crippen LogP) is 3.14. The van der Waals surface area contributed by atoms with Gasteiger partial charge in [0.25, 0.3) is 0 Å². The van der Waals surface area contributed by atoms with Gasteiger partial charge < -0.3 is 29.6 Å². The molecule has 31 heavy (non-hydrogen) atoms. The average Bonchev–Trinajstić information content (AvgIpc) is 3.30. The molecule has 3 aliphatic rings. The van der Waals surface area contributed by atoms with Crippen LogP contribution in [0.2, 0.25) is 5.82 Å². The van der Waals surface area contributed by atoms with Gasteiger partial charge in [0, 0.05) is 29.1 Å². The molecule has 1 aliphatic carbocycles. The molecule has 2 fully saturated rings. The third kappa shape index (κ3) is 4.96. The normalized spacial score (nSPS) is 25.2. The summed E-state index contributed by atoms with van der Waals surface area (Å²) in [6.07, 6.45) is 1.13. The van der Waals surface area contributed by atoms with Crippen LogP contribution in [0.4, 0.5) is 4.79 Å². The molecule has 0 aromatic heterocycles. The molecular formula is C21H28BNO7S. The van der Waals surface area contributed by atoms with Gasteiger partial charge in [0.1, 0.15) is 16.9 Å². The van der Waals surface area contributed by atoms with Crippen molar-refractivity contribution in [1.29, 1.82) is 0 Å². The van der Waals surface area contributed by atoms with Gasteiger partial charge in [-0.1, -0.05) is 6.07 Å². The van der Waals surface area contributed by atoms with E-state index in [0.29, 0.717) is 24.7 Å². The molecule has 1 aromatic carbocycles. The highest BCUT2D eigenvalue weighted by molar-refractivity contribution is 8.00. The molecule has 8 nitrogen and oxygen atoms in total. The summed E-state index contributed by atoms with van der Waals surface area (Å²) in [6.45, 7) is 6.92. The van der Waals surface area contributed by atoms with E-state index in [0.717, 1.165) is 18.4 Å². The van der Waals surface area contributed by atoms with Crippen LogP contribution in [-0.2, 0) is 9.47 Å². The van der Waals surface area contributed by atoms with Crippen molar-refractivity contribution in [2.75, 3.05) is 19.8 Å². The van der Waals surface area contributed by atoms with Crippen LogP contribution in [0.15, 0.2) is 17.0 Å². The Morgan fingerprint density at radius 3 is 2.81 bits per heavy atom. The molecule has 1 unspecified atom stereocenters. The monoisotopic (exact) mass is 449 g/mol. The van der Waals surface area contributed by atoms with E-state index >= 15 is 0 Å². The number of carboxylic acids is 1. The van der Waals surface area contributed by atoms with Crippen molar-refractivity contribution in [2.24, 2.45) is 5.92 Å². The van der Waals surface area contributed by atoms with E-state index in [9.17, 15) is 19.7 Å². The number of alkyl carbamates (subject to hydrolysis) is 1. The molecule has 1 saturated carbocycles. The second kappa shape index (κ2) is 8.56. The maximum atomic E-state index is 12.2. The highest BCUT2D eigenvalue weighted by Crippen LogP contribution is 2.60. The van der Waals surface area contributed by atoms with Crippen molar-refractivity contribution in [3.05, 3.63) is 23.3 Å². The van der Waals surface area contributed by atoms with E-state index in [2.05, 4.69) is 5.32 Å². The maximum Gasteiger partial charge on any atom is 0.526 e. The molecule has 10 heteroatoms. The number of carboxylic acid groups (broad SMARTS) is 1. The summed E-state index contributed by atoms with van der Waals surface area (Å²) in [4.78, 5) is 24.9. The van der Waals surface area contributed by atoms with Crippen LogP contribution in [0, 0.1) is 5.92 Å². The van der Waals surface area contributed by atoms with E-state index < -0.39 is 24.8 Å². The third-order valence-electron chi connectivity index (χ3n) is 5.82. The fraction of sp³-hybridized carbons (Fsp3) is 0.619. The lowest BCUT2D eigenvalue weighted by atomic mass is 9.77. The minimum absolute atomic E-state index is 0.0501. The number of carbonyl (C=O) groups is 2. The highest BCUT2D eigenvalue weighted by Gasteiger charge is 2.54. The number of nitrogens with one attached hydrogen (secondary N) is 1. The lowest BCUT2D eigenvalue weighted by Gasteiger charge is -2.27. The third-order valence-corrected chi connectivity index (χ3v) is 7.27. The Hall–Kier alpha value is -1.91. The number of hydrogen-bond acceptors (Lipinski definition) is 7. The van der Waals surface area contributed by atoms with E-state index in [1.165, 1.54) is 11.8 Å². The van der Waals surface area contributed by atoms with Crippen molar-refractivity contribution in [1.82, 2.24) is 5.32 Å². The zero-order valence-corrected chi connectivity index (χ0v) is 18.7. The first-order valence-corrected chi connectivity index (χ1v) is 11.5. The van der Waals surface area contributed by atoms with Gasteiger partial charge in [-0.05, 0) is 57.1 Å². The Kier molecular flexibility index (Phi) is 6.15. The summed E-state index contributed by atoms with van der Waals surface area (Å²) in [6, 6.07) is 3.73. The lowest BCUT2D eigenvalue weighted by Crippen LogP contribution is -2.38. The number of amides is 1. The van der Waals surface area contributed by atoms with Gasteiger partial charge >= 0.3 is 19.2 Å². The van der Waals surface area contributed by atoms with Crippen LogP contribution in [0.3, 0.4) is 0 Å². The molecule has 0 spiro atoms. The van der Waals surface area contributed by atoms with E-state index in [4.69, 9.17) is 14.1 Å². The zero-order chi connectivity index (χ0) is 22.3. The predicted molar refractivity (Wildman–Crippen MR) is 116 cm³/mol. The molecule has 0 bridgehead atoms. The lowest BCUT2D eigenvalue weighted by molar-refractivity contribution is 0.0524. The van der Waals surface area contributed by atoms with Gasteiger partial charge in [-0.15, -0.1) is 11.8 Å². The number of carbonyl (C=O) groups excluding carboxylic acids is 1. The summed E-state index contributed by atoms with van der Waals surface area (Å²) < 4.78 is 16.5. The summed E-state index contributed by atoms with van der Waals surface area (Å²) >= 11 is 1.40. The summed E-state index contributed by atoms with van der Waals surface area (Å²) in [5, 5.41) is 22.8. The van der Waals surface area contributed by atoms with E-state index in [1.54, 1.807) is 20.8 Å². The first-order valence-electron chi connectivity index (χ1n) is 10.6. The molecule has 3 N–H and O–H groups in total. The van der Waals surface area contributed by atoms with Crippen LogP contribution < -0.4 is 9.97 Å². The van der Waals surface area contributed by atoms with Crippen molar-refractivity contribution in [3.8, 4) is 5.75 Å². The molecular weight excluding hydrogens is 421 g/mol. The highest BCUT2D eigenvalue weighted by atomic mass is 32.2. The van der Waals surface area contributed by atoms with Gasteiger partial charge in [0.2, 0.25) is 0 Å². The molecule has 1 saturated heterocycles. The number of rotatable bonds is 6. The Balaban J connectivity index is 1.56. The Bertz CT molecular complexity index is 868. The average molecular weight is 449 g/mol. The molecule has 4 atom stereocenters. The van der Waals surface area contributed by atoms with Crippen molar-refractivity contribution in [3.63, 3.8) is 0 Å². The molecule has 168 valence electrons.